The van der Waals surface area contributed by atoms with E-state index in [1.807, 2.05) is 6.07 Å². The Bertz CT molecular complexity index is 820. The van der Waals surface area contributed by atoms with Crippen LogP contribution in [-0.4, -0.2) is 18.0 Å². The first-order valence-corrected chi connectivity index (χ1v) is 12.8. The number of benzene rings is 2. The van der Waals surface area contributed by atoms with Gasteiger partial charge in [-0.1, -0.05) is 94.4 Å². The van der Waals surface area contributed by atoms with Crippen LogP contribution in [0.15, 0.2) is 57.5 Å². The Hall–Kier alpha value is -1.15. The maximum absolute atomic E-state index is 10.6. The smallest absolute Gasteiger partial charge is 0.0872 e. The van der Waals surface area contributed by atoms with Crippen molar-refractivity contribution in [1.82, 2.24) is 4.90 Å². The molecule has 2 nitrogen and oxygen atoms in total. The predicted octanol–water partition coefficient (Wildman–Crippen LogP) is 7.86. The molecule has 3 rings (SSSR count). The molecule has 30 heavy (non-hydrogen) atoms. The van der Waals surface area contributed by atoms with Gasteiger partial charge in [-0.25, -0.2) is 0 Å². The Morgan fingerprint density at radius 1 is 1.00 bits per heavy atom. The van der Waals surface area contributed by atoms with Gasteiger partial charge in [0.05, 0.1) is 11.5 Å². The number of nitriles is 1. The fraction of sp³-hybridized carbons (Fsp3) is 0.500. The molecule has 1 fully saturated rings. The van der Waals surface area contributed by atoms with Crippen molar-refractivity contribution in [2.75, 3.05) is 13.1 Å². The minimum atomic E-state index is -0.439. The zero-order valence-corrected chi connectivity index (χ0v) is 21.1. The minimum Gasteiger partial charge on any atom is -0.299 e. The van der Waals surface area contributed by atoms with Crippen molar-refractivity contribution in [3.05, 3.63) is 68.6 Å². The molecule has 1 aliphatic carbocycles. The van der Waals surface area contributed by atoms with Crippen LogP contribution in [0.5, 0.6) is 0 Å². The zero-order valence-electron chi connectivity index (χ0n) is 17.9. The van der Waals surface area contributed by atoms with Crippen LogP contribution in [0, 0.1) is 17.2 Å². The first-order chi connectivity index (χ1) is 14.6. The third kappa shape index (κ3) is 5.55. The fourth-order valence-corrected chi connectivity index (χ4v) is 6.73. The number of halogens is 2. The Balaban J connectivity index is 1.80. The average molecular weight is 532 g/mol. The van der Waals surface area contributed by atoms with Crippen LogP contribution in [0.2, 0.25) is 0 Å². The summed E-state index contributed by atoms with van der Waals surface area (Å²) >= 11 is 7.56. The molecule has 1 atom stereocenters. The molecule has 0 bridgehead atoms. The second kappa shape index (κ2) is 11.5. The van der Waals surface area contributed by atoms with Gasteiger partial charge in [0.25, 0.3) is 0 Å². The van der Waals surface area contributed by atoms with Crippen LogP contribution < -0.4 is 0 Å². The van der Waals surface area contributed by atoms with E-state index < -0.39 is 5.41 Å². The molecule has 160 valence electrons. The molecule has 1 saturated carbocycles. The summed E-state index contributed by atoms with van der Waals surface area (Å²) in [6.07, 6.45) is 8.03. The molecule has 2 aromatic rings. The van der Waals surface area contributed by atoms with Crippen molar-refractivity contribution < 1.29 is 0 Å². The summed E-state index contributed by atoms with van der Waals surface area (Å²) in [5, 5.41) is 10.6. The molecule has 2 aromatic carbocycles. The van der Waals surface area contributed by atoms with E-state index >= 15 is 0 Å². The largest absolute Gasteiger partial charge is 0.299 e. The summed E-state index contributed by atoms with van der Waals surface area (Å²) in [4.78, 5) is 2.49. The molecule has 1 unspecified atom stereocenters. The van der Waals surface area contributed by atoms with E-state index in [-0.39, 0.29) is 0 Å². The Morgan fingerprint density at radius 2 is 1.67 bits per heavy atom. The van der Waals surface area contributed by atoms with Crippen molar-refractivity contribution in [2.24, 2.45) is 5.92 Å². The quantitative estimate of drug-likeness (QED) is 0.329. The molecule has 0 radical (unpaired) electrons. The molecule has 0 N–H and O–H groups in total. The highest BCUT2D eigenvalue weighted by atomic mass is 79.9. The highest BCUT2D eigenvalue weighted by Crippen LogP contribution is 2.48. The van der Waals surface area contributed by atoms with Crippen LogP contribution >= 0.6 is 31.9 Å². The van der Waals surface area contributed by atoms with E-state index in [9.17, 15) is 5.26 Å². The van der Waals surface area contributed by atoms with E-state index in [1.54, 1.807) is 0 Å². The topological polar surface area (TPSA) is 27.0 Å². The monoisotopic (exact) mass is 530 g/mol. The summed E-state index contributed by atoms with van der Waals surface area (Å²) < 4.78 is 2.11. The lowest BCUT2D eigenvalue weighted by molar-refractivity contribution is 0.214. The van der Waals surface area contributed by atoms with Crippen molar-refractivity contribution in [3.63, 3.8) is 0 Å². The van der Waals surface area contributed by atoms with Gasteiger partial charge in [0.15, 0.2) is 0 Å². The maximum Gasteiger partial charge on any atom is 0.0872 e. The molecule has 0 saturated heterocycles. The molecule has 0 spiro atoms. The summed E-state index contributed by atoms with van der Waals surface area (Å²) in [5.41, 5.74) is 2.07. The fourth-order valence-electron chi connectivity index (χ4n) is 5.03. The zero-order chi connectivity index (χ0) is 21.4. The molecule has 4 heteroatoms. The Morgan fingerprint density at radius 3 is 2.27 bits per heavy atom. The predicted molar refractivity (Wildman–Crippen MR) is 132 cm³/mol. The molecule has 0 aliphatic heterocycles. The number of rotatable bonds is 9. The third-order valence-electron chi connectivity index (χ3n) is 6.65. The van der Waals surface area contributed by atoms with Gasteiger partial charge in [-0.15, -0.1) is 0 Å². The van der Waals surface area contributed by atoms with Crippen molar-refractivity contribution in [1.29, 1.82) is 5.26 Å². The second-order valence-corrected chi connectivity index (χ2v) is 10.2. The first-order valence-electron chi connectivity index (χ1n) is 11.2. The van der Waals surface area contributed by atoms with E-state index in [1.165, 1.54) is 24.8 Å². The highest BCUT2D eigenvalue weighted by Gasteiger charge is 2.43. The number of hydrogen-bond donors (Lipinski definition) is 0. The van der Waals surface area contributed by atoms with Crippen LogP contribution in [0.25, 0.3) is 0 Å². The van der Waals surface area contributed by atoms with E-state index in [2.05, 4.69) is 92.2 Å². The van der Waals surface area contributed by atoms with Crippen LogP contribution in [0.3, 0.4) is 0 Å². The number of nitrogens with zero attached hydrogens (tertiary/aromatic N) is 2. The summed E-state index contributed by atoms with van der Waals surface area (Å²) in [7, 11) is 0. The highest BCUT2D eigenvalue weighted by molar-refractivity contribution is 9.11. The summed E-state index contributed by atoms with van der Waals surface area (Å²) in [6.45, 7) is 5.24. The van der Waals surface area contributed by atoms with Crippen LogP contribution in [0.1, 0.15) is 63.0 Å². The summed E-state index contributed by atoms with van der Waals surface area (Å²) in [6, 6.07) is 19.7. The Labute approximate surface area is 198 Å². The Kier molecular flexibility index (Phi) is 8.98. The average Bonchev–Trinajstić information content (AvgIpc) is 2.78. The van der Waals surface area contributed by atoms with Gasteiger partial charge in [0.1, 0.15) is 0 Å². The van der Waals surface area contributed by atoms with Gasteiger partial charge in [0, 0.05) is 21.1 Å². The van der Waals surface area contributed by atoms with E-state index in [0.717, 1.165) is 59.8 Å². The number of hydrogen-bond acceptors (Lipinski definition) is 2. The van der Waals surface area contributed by atoms with E-state index in [4.69, 9.17) is 0 Å². The normalized spacial score (nSPS) is 16.9. The van der Waals surface area contributed by atoms with Gasteiger partial charge < -0.3 is 0 Å². The van der Waals surface area contributed by atoms with E-state index in [0.29, 0.717) is 5.92 Å². The molecule has 1 aliphatic rings. The van der Waals surface area contributed by atoms with Gasteiger partial charge in [-0.3, -0.25) is 4.90 Å². The first kappa shape index (κ1) is 23.5. The van der Waals surface area contributed by atoms with Crippen molar-refractivity contribution >= 4 is 31.9 Å². The summed E-state index contributed by atoms with van der Waals surface area (Å²) in [5.74, 6) is 0.426. The molecular formula is C26H32Br2N2. The molecule has 0 aromatic heterocycles. The second-order valence-electron chi connectivity index (χ2n) is 8.47. The standard InChI is InChI=1S/C26H32Br2N2/c1-2-30(19-21-11-5-3-6-12-21)18-10-17-26(20-29,22-13-7-4-8-14-22)25-23(27)15-9-16-24(25)28/h3,5-6,9,11-12,15-16,22H,2,4,7-8,10,13-14,17-19H2,1H3. The van der Waals surface area contributed by atoms with Crippen LogP contribution in [-0.2, 0) is 12.0 Å². The molecule has 0 heterocycles. The lowest BCUT2D eigenvalue weighted by atomic mass is 9.63. The maximum atomic E-state index is 10.6. The van der Waals surface area contributed by atoms with Gasteiger partial charge in [0.2, 0.25) is 0 Å². The van der Waals surface area contributed by atoms with Gasteiger partial charge in [-0.05, 0) is 62.4 Å². The third-order valence-corrected chi connectivity index (χ3v) is 7.97. The van der Waals surface area contributed by atoms with Gasteiger partial charge in [-0.2, -0.15) is 5.26 Å². The lowest BCUT2D eigenvalue weighted by Gasteiger charge is -2.39. The van der Waals surface area contributed by atoms with Crippen LogP contribution in [0.4, 0.5) is 0 Å². The SMILES string of the molecule is CCN(CCCC(C#N)(c1c(Br)cccc1Br)C1CCCCC1)Cc1ccccc1. The van der Waals surface area contributed by atoms with Crippen molar-refractivity contribution in [2.45, 2.75) is 63.8 Å². The lowest BCUT2D eigenvalue weighted by Crippen LogP contribution is -2.37. The minimum absolute atomic E-state index is 0.426. The molecular weight excluding hydrogens is 500 g/mol. The molecule has 0 amide bonds. The van der Waals surface area contributed by atoms with Gasteiger partial charge >= 0.3 is 0 Å². The van der Waals surface area contributed by atoms with Crippen molar-refractivity contribution in [3.8, 4) is 6.07 Å².